The van der Waals surface area contributed by atoms with E-state index in [2.05, 4.69) is 16.0 Å². The number of aliphatic carboxylic acids is 1. The minimum atomic E-state index is -1.27. The molecular formula is C11H19N5O6. The highest BCUT2D eigenvalue weighted by Gasteiger charge is 2.25. The molecule has 0 saturated carbocycles. The average molecular weight is 317 g/mol. The molecule has 0 aliphatic carbocycles. The molecule has 2 atom stereocenters. The van der Waals surface area contributed by atoms with Crippen LogP contribution in [-0.2, 0) is 24.0 Å². The first kappa shape index (κ1) is 19.3. The summed E-state index contributed by atoms with van der Waals surface area (Å²) in [5, 5.41) is 14.9. The van der Waals surface area contributed by atoms with Gasteiger partial charge in [-0.3, -0.25) is 24.0 Å². The summed E-state index contributed by atoms with van der Waals surface area (Å²) in [6.07, 6.45) is -0.471. The molecule has 0 unspecified atom stereocenters. The van der Waals surface area contributed by atoms with Crippen LogP contribution in [0.2, 0.25) is 0 Å². The maximum Gasteiger partial charge on any atom is 0.322 e. The Hall–Kier alpha value is -2.69. The maximum atomic E-state index is 11.9. The van der Waals surface area contributed by atoms with Crippen molar-refractivity contribution in [2.24, 2.45) is 11.5 Å². The van der Waals surface area contributed by atoms with Gasteiger partial charge in [0.1, 0.15) is 18.6 Å². The fourth-order valence-electron chi connectivity index (χ4n) is 1.36. The molecule has 11 nitrogen and oxygen atoms in total. The van der Waals surface area contributed by atoms with Crippen molar-refractivity contribution in [3.05, 3.63) is 0 Å². The van der Waals surface area contributed by atoms with Crippen molar-refractivity contribution in [1.29, 1.82) is 0 Å². The van der Waals surface area contributed by atoms with Crippen molar-refractivity contribution < 1.29 is 29.1 Å². The lowest BCUT2D eigenvalue weighted by molar-refractivity contribution is -0.138. The minimum absolute atomic E-state index is 0.392. The van der Waals surface area contributed by atoms with Crippen LogP contribution in [-0.4, -0.2) is 59.9 Å². The highest BCUT2D eigenvalue weighted by atomic mass is 16.4. The smallest absolute Gasteiger partial charge is 0.322 e. The van der Waals surface area contributed by atoms with Crippen molar-refractivity contribution in [3.8, 4) is 0 Å². The Morgan fingerprint density at radius 2 is 1.68 bits per heavy atom. The van der Waals surface area contributed by atoms with Crippen LogP contribution in [0.15, 0.2) is 0 Å². The molecule has 0 fully saturated rings. The first-order valence-electron chi connectivity index (χ1n) is 6.25. The zero-order valence-electron chi connectivity index (χ0n) is 11.9. The van der Waals surface area contributed by atoms with Gasteiger partial charge >= 0.3 is 5.97 Å². The quantitative estimate of drug-likeness (QED) is 0.249. The number of hydrogen-bond donors (Lipinski definition) is 6. The van der Waals surface area contributed by atoms with E-state index in [1.54, 1.807) is 0 Å². The maximum absolute atomic E-state index is 11.9. The van der Waals surface area contributed by atoms with E-state index < -0.39 is 61.2 Å². The van der Waals surface area contributed by atoms with Gasteiger partial charge in [0.2, 0.25) is 23.6 Å². The molecule has 0 aliphatic heterocycles. The van der Waals surface area contributed by atoms with Gasteiger partial charge < -0.3 is 32.5 Å². The van der Waals surface area contributed by atoms with E-state index in [9.17, 15) is 24.0 Å². The summed E-state index contributed by atoms with van der Waals surface area (Å²) < 4.78 is 0. The second-order valence-electron chi connectivity index (χ2n) is 4.34. The molecule has 0 spiro atoms. The molecule has 0 aliphatic rings. The lowest BCUT2D eigenvalue weighted by Gasteiger charge is -2.19. The lowest BCUT2D eigenvalue weighted by Crippen LogP contribution is -2.54. The van der Waals surface area contributed by atoms with Crippen molar-refractivity contribution in [2.45, 2.75) is 25.4 Å². The number of primary amides is 1. The Morgan fingerprint density at radius 3 is 2.14 bits per heavy atom. The van der Waals surface area contributed by atoms with E-state index in [0.29, 0.717) is 0 Å². The van der Waals surface area contributed by atoms with Crippen molar-refractivity contribution in [1.82, 2.24) is 16.0 Å². The van der Waals surface area contributed by atoms with Gasteiger partial charge in [-0.05, 0) is 6.92 Å². The molecule has 0 radical (unpaired) electrons. The van der Waals surface area contributed by atoms with Crippen molar-refractivity contribution in [3.63, 3.8) is 0 Å². The Bertz CT molecular complexity index is 466. The van der Waals surface area contributed by atoms with Crippen molar-refractivity contribution >= 4 is 29.6 Å². The van der Waals surface area contributed by atoms with Crippen LogP contribution in [0.1, 0.15) is 13.3 Å². The van der Waals surface area contributed by atoms with Gasteiger partial charge in [-0.15, -0.1) is 0 Å². The second-order valence-corrected chi connectivity index (χ2v) is 4.34. The minimum Gasteiger partial charge on any atom is -0.480 e. The first-order chi connectivity index (χ1) is 10.2. The molecule has 0 aromatic rings. The number of nitrogens with one attached hydrogen (secondary N) is 3. The zero-order chi connectivity index (χ0) is 17.3. The van der Waals surface area contributed by atoms with E-state index in [1.165, 1.54) is 6.92 Å². The summed E-state index contributed by atoms with van der Waals surface area (Å²) >= 11 is 0. The van der Waals surface area contributed by atoms with Crippen molar-refractivity contribution in [2.75, 3.05) is 13.1 Å². The summed E-state index contributed by atoms with van der Waals surface area (Å²) in [5.74, 6) is -4.31. The van der Waals surface area contributed by atoms with Gasteiger partial charge in [0.15, 0.2) is 0 Å². The summed E-state index contributed by atoms with van der Waals surface area (Å²) in [5.41, 5.74) is 10.1. The number of hydrogen-bond acceptors (Lipinski definition) is 6. The van der Waals surface area contributed by atoms with Crippen LogP contribution in [0.4, 0.5) is 0 Å². The van der Waals surface area contributed by atoms with E-state index >= 15 is 0 Å². The third-order valence-electron chi connectivity index (χ3n) is 2.41. The number of nitrogens with two attached hydrogens (primary N) is 2. The number of rotatable bonds is 9. The average Bonchev–Trinajstić information content (AvgIpc) is 2.42. The van der Waals surface area contributed by atoms with Gasteiger partial charge in [0.25, 0.3) is 0 Å². The molecule has 22 heavy (non-hydrogen) atoms. The van der Waals surface area contributed by atoms with E-state index in [-0.39, 0.29) is 0 Å². The third-order valence-corrected chi connectivity index (χ3v) is 2.41. The Kier molecular flexibility index (Phi) is 8.15. The highest BCUT2D eigenvalue weighted by molar-refractivity contribution is 5.95. The Morgan fingerprint density at radius 1 is 1.09 bits per heavy atom. The van der Waals surface area contributed by atoms with Crippen LogP contribution >= 0.6 is 0 Å². The van der Waals surface area contributed by atoms with E-state index in [4.69, 9.17) is 16.6 Å². The SMILES string of the molecule is C[C@H](NC(=O)[C@H](CC(N)=O)NC(=O)CN)C(=O)NCC(=O)O. The monoisotopic (exact) mass is 317 g/mol. The fourth-order valence-corrected chi connectivity index (χ4v) is 1.36. The molecule has 8 N–H and O–H groups in total. The first-order valence-corrected chi connectivity index (χ1v) is 6.25. The van der Waals surface area contributed by atoms with Crippen LogP contribution < -0.4 is 27.4 Å². The van der Waals surface area contributed by atoms with Gasteiger partial charge in [-0.1, -0.05) is 0 Å². The number of carboxylic acids is 1. The Balaban J connectivity index is 4.65. The zero-order valence-corrected chi connectivity index (χ0v) is 11.9. The van der Waals surface area contributed by atoms with Crippen LogP contribution in [0.3, 0.4) is 0 Å². The molecule has 11 heteroatoms. The van der Waals surface area contributed by atoms with Crippen LogP contribution in [0, 0.1) is 0 Å². The third kappa shape index (κ3) is 7.79. The largest absolute Gasteiger partial charge is 0.480 e. The molecule has 124 valence electrons. The topological polar surface area (TPSA) is 194 Å². The normalized spacial score (nSPS) is 12.6. The van der Waals surface area contributed by atoms with Gasteiger partial charge in [0, 0.05) is 0 Å². The molecule has 0 aromatic carbocycles. The number of amides is 4. The molecule has 0 bridgehead atoms. The lowest BCUT2D eigenvalue weighted by atomic mass is 10.1. The molecule has 4 amide bonds. The molecular weight excluding hydrogens is 298 g/mol. The summed E-state index contributed by atoms with van der Waals surface area (Å²) in [6.45, 7) is 0.312. The fraction of sp³-hybridized carbons (Fsp3) is 0.545. The summed E-state index contributed by atoms with van der Waals surface area (Å²) in [4.78, 5) is 55.8. The summed E-state index contributed by atoms with van der Waals surface area (Å²) in [7, 11) is 0. The standard InChI is InChI=1S/C11H19N5O6/c1-5(10(21)14-4-9(19)20)15-11(22)6(2-7(13)17)16-8(18)3-12/h5-6H,2-4,12H2,1H3,(H2,13,17)(H,14,21)(H,15,22)(H,16,18)(H,19,20)/t5-,6-/m0/s1. The Labute approximate surface area is 125 Å². The number of carbonyl (C=O) groups is 5. The predicted molar refractivity (Wildman–Crippen MR) is 73.0 cm³/mol. The number of carbonyl (C=O) groups excluding carboxylic acids is 4. The van der Waals surface area contributed by atoms with E-state index in [1.807, 2.05) is 0 Å². The molecule has 0 heterocycles. The van der Waals surface area contributed by atoms with Crippen LogP contribution in [0.5, 0.6) is 0 Å². The van der Waals surface area contributed by atoms with Gasteiger partial charge in [-0.2, -0.15) is 0 Å². The van der Waals surface area contributed by atoms with E-state index in [0.717, 1.165) is 0 Å². The summed E-state index contributed by atoms with van der Waals surface area (Å²) in [6, 6.07) is -2.35. The van der Waals surface area contributed by atoms with Gasteiger partial charge in [0.05, 0.1) is 13.0 Å². The highest BCUT2D eigenvalue weighted by Crippen LogP contribution is 1.94. The number of carboxylic acid groups (broad SMARTS) is 1. The van der Waals surface area contributed by atoms with Gasteiger partial charge in [-0.25, -0.2) is 0 Å². The van der Waals surface area contributed by atoms with Crippen LogP contribution in [0.25, 0.3) is 0 Å². The molecule has 0 rings (SSSR count). The second kappa shape index (κ2) is 9.28. The predicted octanol–water partition coefficient (Wildman–Crippen LogP) is -3.99. The molecule has 0 aromatic heterocycles. The molecule has 0 saturated heterocycles.